The molecule has 3 aromatic rings. The molecular weight excluding hydrogens is 468 g/mol. The SMILES string of the molecule is COc1ccc(COC(=O)[C@H](CO)N(C)C)c2nc3cccc(C(=O)NC4=C(O)CCC4=O)c3nc12. The van der Waals surface area contributed by atoms with Crippen LogP contribution in [0, 0.1) is 0 Å². The van der Waals surface area contributed by atoms with Gasteiger partial charge in [0.15, 0.2) is 5.78 Å². The van der Waals surface area contributed by atoms with Crippen molar-refractivity contribution >= 4 is 39.7 Å². The minimum atomic E-state index is -0.802. The maximum absolute atomic E-state index is 13.0. The minimum absolute atomic E-state index is 0.105. The second-order valence-electron chi connectivity index (χ2n) is 8.49. The van der Waals surface area contributed by atoms with Crippen molar-refractivity contribution in [2.75, 3.05) is 27.8 Å². The van der Waals surface area contributed by atoms with Crippen LogP contribution in [0.25, 0.3) is 22.1 Å². The van der Waals surface area contributed by atoms with E-state index in [0.29, 0.717) is 27.9 Å². The number of ether oxygens (including phenoxy) is 2. The molecule has 3 N–H and O–H groups in total. The van der Waals surface area contributed by atoms with Crippen LogP contribution in [-0.4, -0.2) is 76.6 Å². The van der Waals surface area contributed by atoms with Crippen molar-refractivity contribution in [1.82, 2.24) is 20.2 Å². The van der Waals surface area contributed by atoms with Gasteiger partial charge in [-0.3, -0.25) is 19.3 Å². The van der Waals surface area contributed by atoms with Gasteiger partial charge in [0.25, 0.3) is 5.91 Å². The third-order valence-corrected chi connectivity index (χ3v) is 5.97. The lowest BCUT2D eigenvalue weighted by Crippen LogP contribution is -2.39. The second-order valence-corrected chi connectivity index (χ2v) is 8.49. The molecule has 2 aromatic carbocycles. The third-order valence-electron chi connectivity index (χ3n) is 5.97. The Morgan fingerprint density at radius 3 is 2.53 bits per heavy atom. The van der Waals surface area contributed by atoms with Gasteiger partial charge in [0.2, 0.25) is 0 Å². The van der Waals surface area contributed by atoms with Gasteiger partial charge in [-0.05, 0) is 38.4 Å². The lowest BCUT2D eigenvalue weighted by molar-refractivity contribution is -0.151. The zero-order chi connectivity index (χ0) is 26.0. The largest absolute Gasteiger partial charge is 0.510 e. The molecule has 0 saturated heterocycles. The summed E-state index contributed by atoms with van der Waals surface area (Å²) in [6, 6.07) is 7.41. The molecule has 11 heteroatoms. The summed E-state index contributed by atoms with van der Waals surface area (Å²) >= 11 is 0. The zero-order valence-electron chi connectivity index (χ0n) is 20.1. The fraction of sp³-hybridized carbons (Fsp3) is 0.320. The number of methoxy groups -OCH3 is 1. The molecule has 0 aliphatic heterocycles. The van der Waals surface area contributed by atoms with Crippen LogP contribution in [0.4, 0.5) is 0 Å². The van der Waals surface area contributed by atoms with Gasteiger partial charge in [0, 0.05) is 18.4 Å². The summed E-state index contributed by atoms with van der Waals surface area (Å²) in [5.41, 5.74) is 2.06. The van der Waals surface area contributed by atoms with Crippen LogP contribution in [-0.2, 0) is 20.9 Å². The normalized spacial score (nSPS) is 14.5. The zero-order valence-corrected chi connectivity index (χ0v) is 20.1. The van der Waals surface area contributed by atoms with Crippen molar-refractivity contribution in [3.8, 4) is 5.75 Å². The number of aliphatic hydroxyl groups excluding tert-OH is 2. The number of amides is 1. The molecule has 36 heavy (non-hydrogen) atoms. The van der Waals surface area contributed by atoms with E-state index in [9.17, 15) is 24.6 Å². The number of allylic oxidation sites excluding steroid dienone is 2. The highest BCUT2D eigenvalue weighted by atomic mass is 16.5. The smallest absolute Gasteiger partial charge is 0.326 e. The first kappa shape index (κ1) is 25.0. The number of nitrogens with one attached hydrogen (secondary N) is 1. The highest BCUT2D eigenvalue weighted by Gasteiger charge is 2.26. The van der Waals surface area contributed by atoms with Gasteiger partial charge in [0.05, 0.1) is 30.3 Å². The number of fused-ring (bicyclic) bond motifs is 2. The molecule has 4 rings (SSSR count). The van der Waals surface area contributed by atoms with E-state index in [2.05, 4.69) is 15.3 Å². The Morgan fingerprint density at radius 1 is 1.11 bits per heavy atom. The molecule has 0 fully saturated rings. The Balaban J connectivity index is 1.73. The number of benzene rings is 2. The van der Waals surface area contributed by atoms with E-state index in [1.165, 1.54) is 7.11 Å². The number of aliphatic hydroxyl groups is 2. The van der Waals surface area contributed by atoms with Crippen LogP contribution in [0.5, 0.6) is 5.75 Å². The summed E-state index contributed by atoms with van der Waals surface area (Å²) in [6.45, 7) is -0.496. The van der Waals surface area contributed by atoms with Crippen LogP contribution >= 0.6 is 0 Å². The number of carbonyl (C=O) groups is 3. The highest BCUT2D eigenvalue weighted by Crippen LogP contribution is 2.29. The Hall–Kier alpha value is -4.09. The van der Waals surface area contributed by atoms with Crippen molar-refractivity contribution in [2.45, 2.75) is 25.5 Å². The highest BCUT2D eigenvalue weighted by molar-refractivity contribution is 6.10. The molecule has 188 valence electrons. The summed E-state index contributed by atoms with van der Waals surface area (Å²) in [5, 5.41) is 21.9. The molecule has 1 amide bonds. The van der Waals surface area contributed by atoms with Crippen molar-refractivity contribution in [3.63, 3.8) is 0 Å². The van der Waals surface area contributed by atoms with E-state index >= 15 is 0 Å². The van der Waals surface area contributed by atoms with E-state index in [-0.39, 0.29) is 54.4 Å². The van der Waals surface area contributed by atoms with Crippen molar-refractivity contribution in [1.29, 1.82) is 0 Å². The molecule has 0 saturated carbocycles. The number of rotatable bonds is 8. The Morgan fingerprint density at radius 2 is 1.89 bits per heavy atom. The van der Waals surface area contributed by atoms with Gasteiger partial charge in [-0.25, -0.2) is 9.97 Å². The predicted octanol–water partition coefficient (Wildman–Crippen LogP) is 1.62. The number of Topliss-reactive ketones (excluding diaryl/α,β-unsaturated/α-hetero) is 1. The molecule has 11 nitrogen and oxygen atoms in total. The molecule has 1 aliphatic rings. The average Bonchev–Trinajstić information content (AvgIpc) is 3.17. The van der Waals surface area contributed by atoms with Gasteiger partial charge in [0.1, 0.15) is 40.9 Å². The van der Waals surface area contributed by atoms with Crippen molar-refractivity contribution < 1.29 is 34.1 Å². The molecule has 0 unspecified atom stereocenters. The number of para-hydroxylation sites is 1. The molecule has 1 atom stereocenters. The first-order valence-electron chi connectivity index (χ1n) is 11.2. The first-order valence-corrected chi connectivity index (χ1v) is 11.2. The van der Waals surface area contributed by atoms with Crippen LogP contribution in [0.1, 0.15) is 28.8 Å². The Bertz CT molecular complexity index is 1400. The van der Waals surface area contributed by atoms with Gasteiger partial charge in [-0.2, -0.15) is 0 Å². The van der Waals surface area contributed by atoms with Crippen molar-refractivity contribution in [3.05, 3.63) is 52.9 Å². The fourth-order valence-corrected chi connectivity index (χ4v) is 3.93. The third kappa shape index (κ3) is 4.70. The minimum Gasteiger partial charge on any atom is -0.510 e. The van der Waals surface area contributed by atoms with E-state index in [1.807, 2.05) is 0 Å². The molecular formula is C25H26N4O7. The topological polar surface area (TPSA) is 151 Å². The molecule has 1 aromatic heterocycles. The Kier molecular flexibility index (Phi) is 7.13. The molecule has 1 heterocycles. The number of esters is 1. The van der Waals surface area contributed by atoms with E-state index in [0.717, 1.165) is 0 Å². The number of aromatic nitrogens is 2. The monoisotopic (exact) mass is 494 g/mol. The predicted molar refractivity (Wildman–Crippen MR) is 129 cm³/mol. The maximum Gasteiger partial charge on any atom is 0.326 e. The number of likely N-dealkylation sites (N-methyl/N-ethyl adjacent to an activating group) is 1. The lowest BCUT2D eigenvalue weighted by atomic mass is 10.1. The maximum atomic E-state index is 13.0. The van der Waals surface area contributed by atoms with Crippen molar-refractivity contribution in [2.24, 2.45) is 0 Å². The number of ketones is 1. The summed E-state index contributed by atoms with van der Waals surface area (Å²) in [4.78, 5) is 48.3. The summed E-state index contributed by atoms with van der Waals surface area (Å²) in [6.07, 6.45) is 0.326. The van der Waals surface area contributed by atoms with Crippen LogP contribution in [0.15, 0.2) is 41.8 Å². The summed E-state index contributed by atoms with van der Waals surface area (Å²) in [7, 11) is 4.80. The number of hydrogen-bond acceptors (Lipinski definition) is 10. The van der Waals surface area contributed by atoms with E-state index in [4.69, 9.17) is 9.47 Å². The van der Waals surface area contributed by atoms with Gasteiger partial charge < -0.3 is 25.0 Å². The number of carbonyl (C=O) groups excluding carboxylic acids is 3. The standard InChI is InChI=1S/C25H26N4O7/c1-29(2)16(11-30)25(34)36-12-13-7-10-19(35-3)23-20(13)26-15-6-4-5-14(21(15)27-23)24(33)28-22-17(31)8-9-18(22)32/h4-7,10,16,30-31H,8-9,11-12H2,1-3H3,(H,28,33)/t16-/m0/s1. The second kappa shape index (κ2) is 10.3. The van der Waals surface area contributed by atoms with Crippen LogP contribution in [0.2, 0.25) is 0 Å². The van der Waals surface area contributed by atoms with Gasteiger partial charge in [-0.1, -0.05) is 6.07 Å². The number of hydrogen-bond donors (Lipinski definition) is 3. The quantitative estimate of drug-likeness (QED) is 0.311. The Labute approximate surface area is 206 Å². The molecule has 1 aliphatic carbocycles. The van der Waals surface area contributed by atoms with Crippen LogP contribution in [0.3, 0.4) is 0 Å². The average molecular weight is 495 g/mol. The van der Waals surface area contributed by atoms with Crippen LogP contribution < -0.4 is 10.1 Å². The lowest BCUT2D eigenvalue weighted by Gasteiger charge is -2.20. The summed E-state index contributed by atoms with van der Waals surface area (Å²) < 4.78 is 10.9. The molecule has 0 radical (unpaired) electrons. The number of nitrogens with zero attached hydrogens (tertiary/aromatic N) is 3. The van der Waals surface area contributed by atoms with E-state index < -0.39 is 17.9 Å². The molecule has 0 bridgehead atoms. The van der Waals surface area contributed by atoms with Gasteiger partial charge in [-0.15, -0.1) is 0 Å². The molecule has 0 spiro atoms. The fourth-order valence-electron chi connectivity index (χ4n) is 3.93. The summed E-state index contributed by atoms with van der Waals surface area (Å²) in [5.74, 6) is -1.27. The first-order chi connectivity index (χ1) is 17.2. The van der Waals surface area contributed by atoms with Gasteiger partial charge >= 0.3 is 5.97 Å². The van der Waals surface area contributed by atoms with E-state index in [1.54, 1.807) is 49.3 Å².